The van der Waals surface area contributed by atoms with Crippen molar-refractivity contribution in [3.63, 3.8) is 0 Å². The highest BCUT2D eigenvalue weighted by Gasteiger charge is 2.28. The summed E-state index contributed by atoms with van der Waals surface area (Å²) in [6.45, 7) is 13.1. The van der Waals surface area contributed by atoms with Crippen LogP contribution in [0.15, 0.2) is 83.3 Å². The molecule has 1 N–H and O–H groups in total. The van der Waals surface area contributed by atoms with E-state index < -0.39 is 0 Å². The van der Waals surface area contributed by atoms with Crippen LogP contribution >= 0.6 is 0 Å². The zero-order valence-electron chi connectivity index (χ0n) is 29.0. The number of phenolic OH excluding ortho intramolecular Hbond substituents is 1. The number of aromatic nitrogens is 3. The number of benzene rings is 4. The summed E-state index contributed by atoms with van der Waals surface area (Å²) < 4.78 is 8.66. The molecule has 0 fully saturated rings. The molecular formula is C43H43N3O2. The fraction of sp³-hybridized carbons (Fsp3) is 0.302. The van der Waals surface area contributed by atoms with Crippen LogP contribution < -0.4 is 0 Å². The molecular weight excluding hydrogens is 590 g/mol. The number of para-hydroxylation sites is 2. The fourth-order valence-corrected chi connectivity index (χ4v) is 7.40. The average molecular weight is 634 g/mol. The van der Waals surface area contributed by atoms with E-state index in [1.54, 1.807) is 0 Å². The van der Waals surface area contributed by atoms with E-state index >= 15 is 0 Å². The number of aryl methyl sites for hydroxylation is 3. The highest BCUT2D eigenvalue weighted by molar-refractivity contribution is 6.12. The van der Waals surface area contributed by atoms with Gasteiger partial charge in [0.15, 0.2) is 0 Å². The minimum Gasteiger partial charge on any atom is -0.507 e. The molecule has 1 aliphatic rings. The smallest absolute Gasteiger partial charge is 0.144 e. The summed E-state index contributed by atoms with van der Waals surface area (Å²) in [5.74, 6) is 1.04. The number of fused-ring (bicyclic) bond motifs is 5. The van der Waals surface area contributed by atoms with E-state index in [-0.39, 0.29) is 10.8 Å². The van der Waals surface area contributed by atoms with Crippen molar-refractivity contribution in [2.75, 3.05) is 0 Å². The Bertz CT molecular complexity index is 2390. The maximum absolute atomic E-state index is 11.8. The Labute approximate surface area is 282 Å². The first-order valence-electron chi connectivity index (χ1n) is 17.2. The van der Waals surface area contributed by atoms with Crippen molar-refractivity contribution in [3.8, 4) is 39.5 Å². The van der Waals surface area contributed by atoms with Gasteiger partial charge in [0.2, 0.25) is 0 Å². The lowest BCUT2D eigenvalue weighted by atomic mass is 9.79. The molecule has 0 amide bonds. The summed E-state index contributed by atoms with van der Waals surface area (Å²) in [6, 6.07) is 27.8. The molecule has 48 heavy (non-hydrogen) atoms. The van der Waals surface area contributed by atoms with Gasteiger partial charge in [-0.15, -0.1) is 0 Å². The number of rotatable bonds is 3. The maximum Gasteiger partial charge on any atom is 0.144 e. The Morgan fingerprint density at radius 2 is 1.52 bits per heavy atom. The molecule has 0 unspecified atom stereocenters. The van der Waals surface area contributed by atoms with Crippen molar-refractivity contribution in [1.82, 2.24) is 14.5 Å². The third-order valence-electron chi connectivity index (χ3n) is 10.2. The summed E-state index contributed by atoms with van der Waals surface area (Å²) in [5, 5.41) is 13.9. The highest BCUT2D eigenvalue weighted by atomic mass is 16.3. The van der Waals surface area contributed by atoms with Gasteiger partial charge < -0.3 is 14.1 Å². The lowest BCUT2D eigenvalue weighted by molar-refractivity contribution is 0.446. The molecule has 0 saturated carbocycles. The predicted octanol–water partition coefficient (Wildman–Crippen LogP) is 11.0. The van der Waals surface area contributed by atoms with Crippen LogP contribution in [0.4, 0.5) is 0 Å². The van der Waals surface area contributed by atoms with E-state index in [1.807, 2.05) is 19.2 Å². The van der Waals surface area contributed by atoms with Crippen molar-refractivity contribution >= 4 is 33.0 Å². The number of nitrogens with zero attached hydrogens (tertiary/aromatic N) is 3. The number of phenols is 1. The van der Waals surface area contributed by atoms with Crippen molar-refractivity contribution in [3.05, 3.63) is 101 Å². The molecule has 0 aliphatic heterocycles. The van der Waals surface area contributed by atoms with Gasteiger partial charge in [-0.05, 0) is 89.6 Å². The lowest BCUT2D eigenvalue weighted by Crippen LogP contribution is -2.17. The van der Waals surface area contributed by atoms with Gasteiger partial charge in [0.1, 0.15) is 22.7 Å². The van der Waals surface area contributed by atoms with Crippen molar-refractivity contribution in [2.24, 2.45) is 7.05 Å². The van der Waals surface area contributed by atoms with E-state index in [4.69, 9.17) is 14.4 Å². The third kappa shape index (κ3) is 4.90. The zero-order valence-corrected chi connectivity index (χ0v) is 29.0. The normalized spacial score (nSPS) is 13.9. The van der Waals surface area contributed by atoms with Crippen LogP contribution in [0.1, 0.15) is 76.8 Å². The molecule has 4 aromatic carbocycles. The molecule has 5 heteroatoms. The van der Waals surface area contributed by atoms with Gasteiger partial charge in [0, 0.05) is 40.2 Å². The molecule has 7 aromatic rings. The standard InChI is InChI=1S/C43H43N3O2/c1-42(2,3)27-23-32(39(47)33(24-27)43(4,5)6)41-45-38-28(15-12-17-36(38)46(41)7)26-21-30-29-14-9-11-18-37(29)48-40(30)31(22-26)35-20-19-25-13-8-10-16-34(25)44-35/h9,11-12,14-15,17-24,47H,8,10,13,16H2,1-7H3. The van der Waals surface area contributed by atoms with Gasteiger partial charge in [0.05, 0.1) is 22.3 Å². The molecule has 0 saturated heterocycles. The molecule has 8 rings (SSSR count). The predicted molar refractivity (Wildman–Crippen MR) is 198 cm³/mol. The first-order chi connectivity index (χ1) is 22.9. The molecule has 3 heterocycles. The van der Waals surface area contributed by atoms with E-state index in [0.29, 0.717) is 5.75 Å². The summed E-state index contributed by atoms with van der Waals surface area (Å²) >= 11 is 0. The van der Waals surface area contributed by atoms with E-state index in [0.717, 1.165) is 85.1 Å². The number of aromatic hydroxyl groups is 1. The van der Waals surface area contributed by atoms with Gasteiger partial charge in [-0.3, -0.25) is 4.98 Å². The summed E-state index contributed by atoms with van der Waals surface area (Å²) in [5.41, 5.74) is 12.7. The van der Waals surface area contributed by atoms with Gasteiger partial charge in [0.25, 0.3) is 0 Å². The summed E-state index contributed by atoms with van der Waals surface area (Å²) in [7, 11) is 2.05. The lowest BCUT2D eigenvalue weighted by Gasteiger charge is -2.27. The second kappa shape index (κ2) is 10.8. The van der Waals surface area contributed by atoms with Crippen molar-refractivity contribution in [1.29, 1.82) is 0 Å². The van der Waals surface area contributed by atoms with Crippen LogP contribution in [0.5, 0.6) is 5.75 Å². The fourth-order valence-electron chi connectivity index (χ4n) is 7.40. The molecule has 1 aliphatic carbocycles. The van der Waals surface area contributed by atoms with Crippen LogP contribution in [0, 0.1) is 0 Å². The first kappa shape index (κ1) is 30.4. The minimum absolute atomic E-state index is 0.0951. The van der Waals surface area contributed by atoms with Gasteiger partial charge in [-0.2, -0.15) is 0 Å². The molecule has 242 valence electrons. The maximum atomic E-state index is 11.8. The zero-order chi connectivity index (χ0) is 33.5. The summed E-state index contributed by atoms with van der Waals surface area (Å²) in [4.78, 5) is 10.5. The van der Waals surface area contributed by atoms with E-state index in [9.17, 15) is 5.11 Å². The van der Waals surface area contributed by atoms with E-state index in [2.05, 4.69) is 113 Å². The number of furan rings is 1. The average Bonchev–Trinajstić information content (AvgIpc) is 3.60. The topological polar surface area (TPSA) is 64.1 Å². The Balaban J connectivity index is 1.38. The quantitative estimate of drug-likeness (QED) is 0.210. The third-order valence-corrected chi connectivity index (χ3v) is 10.2. The monoisotopic (exact) mass is 633 g/mol. The second-order valence-electron chi connectivity index (χ2n) is 15.6. The van der Waals surface area contributed by atoms with Gasteiger partial charge in [-0.1, -0.05) is 84.0 Å². The molecule has 3 aromatic heterocycles. The van der Waals surface area contributed by atoms with Crippen LogP contribution in [0.25, 0.3) is 66.7 Å². The van der Waals surface area contributed by atoms with Crippen LogP contribution in [0.3, 0.4) is 0 Å². The van der Waals surface area contributed by atoms with Gasteiger partial charge in [-0.25, -0.2) is 4.98 Å². The Kier molecular flexibility index (Phi) is 6.86. The van der Waals surface area contributed by atoms with Crippen molar-refractivity contribution < 1.29 is 9.52 Å². The van der Waals surface area contributed by atoms with Crippen LogP contribution in [-0.4, -0.2) is 19.6 Å². The molecule has 0 bridgehead atoms. The summed E-state index contributed by atoms with van der Waals surface area (Å²) in [6.07, 6.45) is 4.52. The minimum atomic E-state index is -0.236. The largest absolute Gasteiger partial charge is 0.507 e. The van der Waals surface area contributed by atoms with Gasteiger partial charge >= 0.3 is 0 Å². The molecule has 5 nitrogen and oxygen atoms in total. The molecule has 0 atom stereocenters. The SMILES string of the molecule is Cn1c(-c2cc(C(C)(C)C)cc(C(C)(C)C)c2O)nc2c(-c3cc(-c4ccc5c(n4)CCCC5)c4oc5ccccc5c4c3)cccc21. The highest BCUT2D eigenvalue weighted by Crippen LogP contribution is 2.44. The van der Waals surface area contributed by atoms with Crippen molar-refractivity contribution in [2.45, 2.75) is 78.1 Å². The molecule has 0 spiro atoms. The Hall–Kier alpha value is -4.90. The molecule has 0 radical (unpaired) electrons. The second-order valence-corrected chi connectivity index (χ2v) is 15.6. The van der Waals surface area contributed by atoms with Crippen LogP contribution in [-0.2, 0) is 30.7 Å². The van der Waals surface area contributed by atoms with E-state index in [1.165, 1.54) is 29.7 Å². The Morgan fingerprint density at radius 3 is 2.31 bits per heavy atom. The number of imidazole rings is 1. The number of hydrogen-bond acceptors (Lipinski definition) is 4. The van der Waals surface area contributed by atoms with Crippen LogP contribution in [0.2, 0.25) is 0 Å². The number of hydrogen-bond donors (Lipinski definition) is 1. The Morgan fingerprint density at radius 1 is 0.729 bits per heavy atom. The first-order valence-corrected chi connectivity index (χ1v) is 17.2. The number of pyridine rings is 1.